The minimum absolute atomic E-state index is 0.00154. The molecule has 0 heterocycles. The summed E-state index contributed by atoms with van der Waals surface area (Å²) in [6.45, 7) is 1.37. The number of rotatable bonds is 3. The van der Waals surface area contributed by atoms with Gasteiger partial charge in [-0.15, -0.1) is 0 Å². The van der Waals surface area contributed by atoms with Crippen LogP contribution in [0.4, 0.5) is 15.8 Å². The molecular formula is C13H11ClFIN2O2S. The molecule has 0 fully saturated rings. The molecule has 0 saturated heterocycles. The van der Waals surface area contributed by atoms with Crippen LogP contribution in [0.25, 0.3) is 0 Å². The maximum atomic E-state index is 13.6. The molecule has 0 aliphatic rings. The van der Waals surface area contributed by atoms with E-state index in [0.29, 0.717) is 0 Å². The van der Waals surface area contributed by atoms with Gasteiger partial charge in [0.2, 0.25) is 0 Å². The highest BCUT2D eigenvalue weighted by Gasteiger charge is 2.21. The summed E-state index contributed by atoms with van der Waals surface area (Å²) in [4.78, 5) is -0.213. The Labute approximate surface area is 140 Å². The van der Waals surface area contributed by atoms with E-state index in [0.717, 1.165) is 9.64 Å². The van der Waals surface area contributed by atoms with Crippen LogP contribution in [-0.2, 0) is 10.0 Å². The minimum atomic E-state index is -3.98. The van der Waals surface area contributed by atoms with Gasteiger partial charge in [-0.2, -0.15) is 0 Å². The summed E-state index contributed by atoms with van der Waals surface area (Å²) in [5.74, 6) is -0.677. The predicted molar refractivity (Wildman–Crippen MR) is 90.5 cm³/mol. The average Bonchev–Trinajstić information content (AvgIpc) is 2.37. The number of halogens is 3. The molecule has 112 valence electrons. The van der Waals surface area contributed by atoms with E-state index in [1.165, 1.54) is 13.0 Å². The van der Waals surface area contributed by atoms with Crippen LogP contribution in [0.2, 0.25) is 5.02 Å². The van der Waals surface area contributed by atoms with E-state index in [2.05, 4.69) is 27.3 Å². The summed E-state index contributed by atoms with van der Waals surface area (Å²) in [6.07, 6.45) is 0. The quantitative estimate of drug-likeness (QED) is 0.564. The molecular weight excluding hydrogens is 430 g/mol. The summed E-state index contributed by atoms with van der Waals surface area (Å²) in [6, 6.07) is 7.15. The monoisotopic (exact) mass is 440 g/mol. The van der Waals surface area contributed by atoms with Crippen molar-refractivity contribution >= 4 is 55.6 Å². The number of nitrogens with two attached hydrogens (primary N) is 1. The largest absolute Gasteiger partial charge is 0.399 e. The van der Waals surface area contributed by atoms with Gasteiger partial charge >= 0.3 is 0 Å². The number of hydrogen-bond acceptors (Lipinski definition) is 3. The maximum Gasteiger partial charge on any atom is 0.262 e. The van der Waals surface area contributed by atoms with Crippen LogP contribution in [0.3, 0.4) is 0 Å². The van der Waals surface area contributed by atoms with Gasteiger partial charge in [-0.05, 0) is 59.8 Å². The van der Waals surface area contributed by atoms with Gasteiger partial charge in [0.15, 0.2) is 0 Å². The molecule has 2 aromatic rings. The first-order valence-corrected chi connectivity index (χ1v) is 8.68. The fourth-order valence-electron chi connectivity index (χ4n) is 1.72. The van der Waals surface area contributed by atoms with E-state index in [9.17, 15) is 12.8 Å². The zero-order chi connectivity index (χ0) is 15.8. The van der Waals surface area contributed by atoms with Crippen molar-refractivity contribution in [2.45, 2.75) is 11.8 Å². The lowest BCUT2D eigenvalue weighted by molar-refractivity contribution is 0.591. The lowest BCUT2D eigenvalue weighted by Gasteiger charge is -2.13. The second-order valence-corrected chi connectivity index (χ2v) is 7.66. The number of sulfonamides is 1. The first-order valence-electron chi connectivity index (χ1n) is 5.74. The second-order valence-electron chi connectivity index (χ2n) is 4.36. The van der Waals surface area contributed by atoms with Crippen LogP contribution in [0.5, 0.6) is 0 Å². The van der Waals surface area contributed by atoms with E-state index in [1.54, 1.807) is 18.2 Å². The molecule has 2 aromatic carbocycles. The third-order valence-corrected chi connectivity index (χ3v) is 5.26. The minimum Gasteiger partial charge on any atom is -0.399 e. The van der Waals surface area contributed by atoms with Gasteiger partial charge in [-0.3, -0.25) is 4.72 Å². The van der Waals surface area contributed by atoms with Crippen LogP contribution >= 0.6 is 34.2 Å². The van der Waals surface area contributed by atoms with Crippen LogP contribution in [0, 0.1) is 16.3 Å². The van der Waals surface area contributed by atoms with E-state index >= 15 is 0 Å². The van der Waals surface area contributed by atoms with E-state index in [1.807, 2.05) is 0 Å². The van der Waals surface area contributed by atoms with E-state index in [-0.39, 0.29) is 26.9 Å². The third kappa shape index (κ3) is 3.58. The van der Waals surface area contributed by atoms with Gasteiger partial charge in [0, 0.05) is 14.8 Å². The molecule has 0 amide bonds. The lowest BCUT2D eigenvalue weighted by atomic mass is 10.2. The van der Waals surface area contributed by atoms with Crippen molar-refractivity contribution in [1.29, 1.82) is 0 Å². The molecule has 2 rings (SSSR count). The normalized spacial score (nSPS) is 11.4. The van der Waals surface area contributed by atoms with Crippen molar-refractivity contribution in [3.05, 3.63) is 50.3 Å². The zero-order valence-corrected chi connectivity index (χ0v) is 14.6. The molecule has 4 nitrogen and oxygen atoms in total. The van der Waals surface area contributed by atoms with Gasteiger partial charge in [0.25, 0.3) is 10.0 Å². The van der Waals surface area contributed by atoms with Gasteiger partial charge < -0.3 is 5.73 Å². The Balaban J connectivity index is 2.48. The second kappa shape index (κ2) is 5.98. The van der Waals surface area contributed by atoms with E-state index in [4.69, 9.17) is 17.3 Å². The Kier molecular flexibility index (Phi) is 4.64. The molecule has 0 saturated carbocycles. The van der Waals surface area contributed by atoms with Crippen LogP contribution in [0.15, 0.2) is 35.2 Å². The molecule has 0 unspecified atom stereocenters. The Hall–Kier alpha value is -1.06. The SMILES string of the molecule is Cc1c(F)cc(N)cc1S(=O)(=O)Nc1ccc(I)cc1Cl. The smallest absolute Gasteiger partial charge is 0.262 e. The Morgan fingerprint density at radius 1 is 1.29 bits per heavy atom. The van der Waals surface area contributed by atoms with E-state index < -0.39 is 15.8 Å². The topological polar surface area (TPSA) is 72.2 Å². The van der Waals surface area contributed by atoms with Crippen LogP contribution in [0.1, 0.15) is 5.56 Å². The van der Waals surface area contributed by atoms with Gasteiger partial charge in [0.05, 0.1) is 15.6 Å². The molecule has 8 heteroatoms. The maximum absolute atomic E-state index is 13.6. The number of nitrogen functional groups attached to an aromatic ring is 1. The highest BCUT2D eigenvalue weighted by molar-refractivity contribution is 14.1. The zero-order valence-electron chi connectivity index (χ0n) is 10.8. The van der Waals surface area contributed by atoms with Gasteiger partial charge in [-0.1, -0.05) is 11.6 Å². The van der Waals surface area contributed by atoms with Crippen molar-refractivity contribution in [2.75, 3.05) is 10.5 Å². The number of hydrogen-bond donors (Lipinski definition) is 2. The molecule has 0 aromatic heterocycles. The predicted octanol–water partition coefficient (Wildman–Crippen LogP) is 3.78. The highest BCUT2D eigenvalue weighted by atomic mass is 127. The van der Waals surface area contributed by atoms with Crippen LogP contribution < -0.4 is 10.5 Å². The summed E-state index contributed by atoms with van der Waals surface area (Å²) >= 11 is 8.05. The summed E-state index contributed by atoms with van der Waals surface area (Å²) < 4.78 is 41.6. The standard InChI is InChI=1S/C13H11ClFIN2O2S/c1-7-11(15)5-9(17)6-13(7)21(19,20)18-12-3-2-8(16)4-10(12)14/h2-6,18H,17H2,1H3. The molecule has 0 bridgehead atoms. The van der Waals surface area contributed by atoms with Crippen molar-refractivity contribution in [3.63, 3.8) is 0 Å². The number of benzene rings is 2. The Morgan fingerprint density at radius 2 is 1.95 bits per heavy atom. The highest BCUT2D eigenvalue weighted by Crippen LogP contribution is 2.28. The molecule has 0 aliphatic carbocycles. The first-order chi connectivity index (χ1) is 9.70. The molecule has 0 aliphatic heterocycles. The number of anilines is 2. The first kappa shape index (κ1) is 16.3. The van der Waals surface area contributed by atoms with Crippen molar-refractivity contribution in [1.82, 2.24) is 0 Å². The van der Waals surface area contributed by atoms with Crippen LogP contribution in [-0.4, -0.2) is 8.42 Å². The van der Waals surface area contributed by atoms with Gasteiger partial charge in [0.1, 0.15) is 5.82 Å². The molecule has 21 heavy (non-hydrogen) atoms. The molecule has 0 radical (unpaired) electrons. The van der Waals surface area contributed by atoms with Crippen molar-refractivity contribution < 1.29 is 12.8 Å². The molecule has 0 atom stereocenters. The van der Waals surface area contributed by atoms with Gasteiger partial charge in [-0.25, -0.2) is 12.8 Å². The summed E-state index contributed by atoms with van der Waals surface area (Å²) in [7, 11) is -3.98. The third-order valence-electron chi connectivity index (χ3n) is 2.78. The number of nitrogens with one attached hydrogen (secondary N) is 1. The molecule has 3 N–H and O–H groups in total. The summed E-state index contributed by atoms with van der Waals surface area (Å²) in [5.41, 5.74) is 5.76. The van der Waals surface area contributed by atoms with Crippen molar-refractivity contribution in [3.8, 4) is 0 Å². The Bertz CT molecular complexity index is 812. The fraction of sp³-hybridized carbons (Fsp3) is 0.0769. The Morgan fingerprint density at radius 3 is 2.57 bits per heavy atom. The fourth-order valence-corrected chi connectivity index (χ4v) is 4.05. The average molecular weight is 441 g/mol. The lowest BCUT2D eigenvalue weighted by Crippen LogP contribution is -2.15. The summed E-state index contributed by atoms with van der Waals surface area (Å²) in [5, 5.41) is 0.257. The van der Waals surface area contributed by atoms with Crippen molar-refractivity contribution in [2.24, 2.45) is 0 Å². The molecule has 0 spiro atoms.